The van der Waals surface area contributed by atoms with E-state index in [1.807, 2.05) is 13.0 Å². The highest BCUT2D eigenvalue weighted by atomic mass is 35.5. The van der Waals surface area contributed by atoms with Crippen LogP contribution in [-0.4, -0.2) is 31.9 Å². The Kier molecular flexibility index (Phi) is 6.03. The minimum atomic E-state index is -0.652. The standard InChI is InChI=1S/C19H18ClNO6/c1-12(13-5-6-16-17(7-13)27-11-26-16)21-18(22)9-25-19(23)10-24-15-4-2-3-14(20)8-15/h2-8,12H,9-11H2,1H3,(H,21,22)/t12-/m1/s1. The first-order chi connectivity index (χ1) is 13.0. The van der Waals surface area contributed by atoms with Gasteiger partial charge in [-0.3, -0.25) is 4.79 Å². The third-order valence-electron chi connectivity index (χ3n) is 3.79. The Morgan fingerprint density at radius 2 is 1.96 bits per heavy atom. The third-order valence-corrected chi connectivity index (χ3v) is 4.03. The minimum absolute atomic E-state index is 0.187. The molecule has 1 atom stereocenters. The highest BCUT2D eigenvalue weighted by Crippen LogP contribution is 2.34. The Morgan fingerprint density at radius 1 is 1.15 bits per heavy atom. The number of amides is 1. The molecular formula is C19H18ClNO6. The number of benzene rings is 2. The van der Waals surface area contributed by atoms with Gasteiger partial charge in [-0.1, -0.05) is 23.7 Å². The summed E-state index contributed by atoms with van der Waals surface area (Å²) in [5.74, 6) is 0.682. The molecule has 1 heterocycles. The van der Waals surface area contributed by atoms with Gasteiger partial charge in [0.05, 0.1) is 6.04 Å². The predicted octanol–water partition coefficient (Wildman–Crippen LogP) is 2.87. The SMILES string of the molecule is C[C@@H](NC(=O)COC(=O)COc1cccc(Cl)c1)c1ccc2c(c1)OCO2. The summed E-state index contributed by atoms with van der Waals surface area (Å²) >= 11 is 5.83. The van der Waals surface area contributed by atoms with Crippen LogP contribution in [0.4, 0.5) is 0 Å². The predicted molar refractivity (Wildman–Crippen MR) is 97.0 cm³/mol. The lowest BCUT2D eigenvalue weighted by Crippen LogP contribution is -2.31. The number of ether oxygens (including phenoxy) is 4. The maximum atomic E-state index is 12.0. The molecule has 7 nitrogen and oxygen atoms in total. The van der Waals surface area contributed by atoms with E-state index in [0.717, 1.165) is 5.56 Å². The molecule has 1 aliphatic rings. The van der Waals surface area contributed by atoms with E-state index >= 15 is 0 Å². The summed E-state index contributed by atoms with van der Waals surface area (Å²) in [6.07, 6.45) is 0. The lowest BCUT2D eigenvalue weighted by molar-refractivity contribution is -0.150. The van der Waals surface area contributed by atoms with Crippen molar-refractivity contribution in [3.05, 3.63) is 53.1 Å². The summed E-state index contributed by atoms with van der Waals surface area (Å²) in [4.78, 5) is 23.7. The first kappa shape index (κ1) is 18.8. The lowest BCUT2D eigenvalue weighted by atomic mass is 10.1. The van der Waals surface area contributed by atoms with Crippen LogP contribution in [0.15, 0.2) is 42.5 Å². The van der Waals surface area contributed by atoms with E-state index in [-0.39, 0.29) is 19.4 Å². The van der Waals surface area contributed by atoms with Crippen molar-refractivity contribution in [2.24, 2.45) is 0 Å². The van der Waals surface area contributed by atoms with Crippen LogP contribution in [-0.2, 0) is 14.3 Å². The molecule has 0 fully saturated rings. The molecule has 1 amide bonds. The molecule has 0 unspecified atom stereocenters. The number of halogens is 1. The van der Waals surface area contributed by atoms with E-state index < -0.39 is 18.5 Å². The second-order valence-corrected chi connectivity index (χ2v) is 6.25. The minimum Gasteiger partial charge on any atom is -0.482 e. The summed E-state index contributed by atoms with van der Waals surface area (Å²) < 4.78 is 20.7. The maximum absolute atomic E-state index is 12.0. The summed E-state index contributed by atoms with van der Waals surface area (Å²) in [5.41, 5.74) is 0.850. The number of hydrogen-bond donors (Lipinski definition) is 1. The molecule has 3 rings (SSSR count). The summed E-state index contributed by atoms with van der Waals surface area (Å²) in [6, 6.07) is 11.8. The zero-order chi connectivity index (χ0) is 19.2. The van der Waals surface area contributed by atoms with E-state index in [1.165, 1.54) is 0 Å². The number of rotatable bonds is 7. The van der Waals surface area contributed by atoms with Gasteiger partial charge >= 0.3 is 5.97 Å². The fourth-order valence-corrected chi connectivity index (χ4v) is 2.62. The first-order valence-corrected chi connectivity index (χ1v) is 8.62. The van der Waals surface area contributed by atoms with Gasteiger partial charge in [0.1, 0.15) is 5.75 Å². The van der Waals surface area contributed by atoms with Crippen molar-refractivity contribution in [2.75, 3.05) is 20.0 Å². The Bertz CT molecular complexity index is 841. The number of hydrogen-bond acceptors (Lipinski definition) is 6. The van der Waals surface area contributed by atoms with Crippen LogP contribution in [0.5, 0.6) is 17.2 Å². The summed E-state index contributed by atoms with van der Waals surface area (Å²) in [7, 11) is 0. The van der Waals surface area contributed by atoms with Crippen LogP contribution in [0, 0.1) is 0 Å². The van der Waals surface area contributed by atoms with Crippen molar-refractivity contribution < 1.29 is 28.5 Å². The smallest absolute Gasteiger partial charge is 0.344 e. The summed E-state index contributed by atoms with van der Waals surface area (Å²) in [5, 5.41) is 3.25. The molecule has 1 aliphatic heterocycles. The average Bonchev–Trinajstić information content (AvgIpc) is 3.12. The van der Waals surface area contributed by atoms with Crippen LogP contribution >= 0.6 is 11.6 Å². The van der Waals surface area contributed by atoms with Gasteiger partial charge in [-0.05, 0) is 42.8 Å². The maximum Gasteiger partial charge on any atom is 0.344 e. The Balaban J connectivity index is 1.41. The lowest BCUT2D eigenvalue weighted by Gasteiger charge is -2.15. The Labute approximate surface area is 161 Å². The summed E-state index contributed by atoms with van der Waals surface area (Å²) in [6.45, 7) is 1.30. The van der Waals surface area contributed by atoms with Gasteiger partial charge in [0.2, 0.25) is 6.79 Å². The highest BCUT2D eigenvalue weighted by molar-refractivity contribution is 6.30. The fraction of sp³-hybridized carbons (Fsp3) is 0.263. The molecule has 0 radical (unpaired) electrons. The topological polar surface area (TPSA) is 83.1 Å². The van der Waals surface area contributed by atoms with Gasteiger partial charge in [0.25, 0.3) is 5.91 Å². The van der Waals surface area contributed by atoms with Crippen LogP contribution in [0.25, 0.3) is 0 Å². The quantitative estimate of drug-likeness (QED) is 0.731. The number of fused-ring (bicyclic) bond motifs is 1. The van der Waals surface area contributed by atoms with E-state index in [9.17, 15) is 9.59 Å². The monoisotopic (exact) mass is 391 g/mol. The molecule has 0 saturated heterocycles. The van der Waals surface area contributed by atoms with E-state index in [4.69, 9.17) is 30.5 Å². The van der Waals surface area contributed by atoms with Crippen LogP contribution in [0.1, 0.15) is 18.5 Å². The van der Waals surface area contributed by atoms with E-state index in [0.29, 0.717) is 22.3 Å². The first-order valence-electron chi connectivity index (χ1n) is 8.24. The Morgan fingerprint density at radius 3 is 2.78 bits per heavy atom. The fourth-order valence-electron chi connectivity index (χ4n) is 2.44. The second-order valence-electron chi connectivity index (χ2n) is 5.81. The molecule has 0 aliphatic carbocycles. The molecule has 2 aromatic rings. The molecule has 0 spiro atoms. The van der Waals surface area contributed by atoms with Gasteiger partial charge in [0.15, 0.2) is 24.7 Å². The zero-order valence-corrected chi connectivity index (χ0v) is 15.3. The van der Waals surface area contributed by atoms with Crippen molar-refractivity contribution in [1.29, 1.82) is 0 Å². The van der Waals surface area contributed by atoms with Gasteiger partial charge in [-0.15, -0.1) is 0 Å². The number of carbonyl (C=O) groups is 2. The number of nitrogens with one attached hydrogen (secondary N) is 1. The van der Waals surface area contributed by atoms with Gasteiger partial charge in [0, 0.05) is 5.02 Å². The normalized spacial score (nSPS) is 13.0. The average molecular weight is 392 g/mol. The van der Waals surface area contributed by atoms with Crippen LogP contribution in [0.3, 0.4) is 0 Å². The molecule has 0 bridgehead atoms. The van der Waals surface area contributed by atoms with Crippen molar-refractivity contribution >= 4 is 23.5 Å². The van der Waals surface area contributed by atoms with Crippen molar-refractivity contribution in [3.63, 3.8) is 0 Å². The van der Waals surface area contributed by atoms with Gasteiger partial charge in [-0.2, -0.15) is 0 Å². The second kappa shape index (κ2) is 8.64. The molecule has 8 heteroatoms. The van der Waals surface area contributed by atoms with Crippen molar-refractivity contribution in [3.8, 4) is 17.2 Å². The highest BCUT2D eigenvalue weighted by Gasteiger charge is 2.17. The van der Waals surface area contributed by atoms with Gasteiger partial charge in [-0.25, -0.2) is 4.79 Å². The third kappa shape index (κ3) is 5.27. The van der Waals surface area contributed by atoms with E-state index in [1.54, 1.807) is 36.4 Å². The van der Waals surface area contributed by atoms with Gasteiger partial charge < -0.3 is 24.3 Å². The zero-order valence-electron chi connectivity index (χ0n) is 14.6. The molecule has 142 valence electrons. The molecule has 1 N–H and O–H groups in total. The number of carbonyl (C=O) groups excluding carboxylic acids is 2. The Hall–Kier alpha value is -2.93. The van der Waals surface area contributed by atoms with Crippen molar-refractivity contribution in [2.45, 2.75) is 13.0 Å². The molecule has 0 saturated carbocycles. The van der Waals surface area contributed by atoms with Crippen LogP contribution < -0.4 is 19.5 Å². The van der Waals surface area contributed by atoms with Crippen molar-refractivity contribution in [1.82, 2.24) is 5.32 Å². The molecule has 27 heavy (non-hydrogen) atoms. The molecule has 2 aromatic carbocycles. The van der Waals surface area contributed by atoms with E-state index in [2.05, 4.69) is 5.32 Å². The molecular weight excluding hydrogens is 374 g/mol. The molecule has 0 aromatic heterocycles. The number of esters is 1. The largest absolute Gasteiger partial charge is 0.482 e. The van der Waals surface area contributed by atoms with Crippen LogP contribution in [0.2, 0.25) is 5.02 Å².